The number of likely N-dealkylation sites (tertiary alicyclic amines) is 1. The average molecular weight is 359 g/mol. The van der Waals surface area contributed by atoms with Crippen LogP contribution < -0.4 is 4.90 Å². The summed E-state index contributed by atoms with van der Waals surface area (Å²) < 4.78 is 0. The molecule has 0 spiro atoms. The van der Waals surface area contributed by atoms with Gasteiger partial charge in [-0.15, -0.1) is 11.3 Å². The SMILES string of the molecule is CCC(=O)N(c1ccccc1)C1CCN(C[C@H](O)c2cccs2)CC1. The molecule has 0 unspecified atom stereocenters. The fraction of sp³-hybridized carbons (Fsp3) is 0.450. The number of carbonyl (C=O) groups is 1. The molecule has 1 saturated heterocycles. The summed E-state index contributed by atoms with van der Waals surface area (Å²) in [6, 6.07) is 14.2. The Balaban J connectivity index is 1.60. The minimum atomic E-state index is -0.418. The summed E-state index contributed by atoms with van der Waals surface area (Å²) in [5.41, 5.74) is 0.992. The summed E-state index contributed by atoms with van der Waals surface area (Å²) in [5.74, 6) is 0.184. The van der Waals surface area contributed by atoms with E-state index in [1.807, 2.05) is 59.7 Å². The number of β-amino-alcohol motifs (C(OH)–C–C–N with tert-alkyl or cyclic N) is 1. The predicted molar refractivity (Wildman–Crippen MR) is 103 cm³/mol. The third kappa shape index (κ3) is 4.48. The van der Waals surface area contributed by atoms with Crippen LogP contribution in [0.3, 0.4) is 0 Å². The second-order valence-electron chi connectivity index (χ2n) is 6.52. The fourth-order valence-corrected chi connectivity index (χ4v) is 4.20. The molecule has 1 aromatic heterocycles. The van der Waals surface area contributed by atoms with Gasteiger partial charge < -0.3 is 14.9 Å². The van der Waals surface area contributed by atoms with E-state index in [0.717, 1.165) is 36.5 Å². The third-order valence-electron chi connectivity index (χ3n) is 4.83. The highest BCUT2D eigenvalue weighted by Gasteiger charge is 2.29. The number of anilines is 1. The molecule has 5 heteroatoms. The van der Waals surface area contributed by atoms with Gasteiger partial charge in [0.25, 0.3) is 0 Å². The average Bonchev–Trinajstić information content (AvgIpc) is 3.19. The van der Waals surface area contributed by atoms with Gasteiger partial charge in [0.15, 0.2) is 0 Å². The summed E-state index contributed by atoms with van der Waals surface area (Å²) in [6.07, 6.45) is 1.99. The van der Waals surface area contributed by atoms with Gasteiger partial charge in [-0.2, -0.15) is 0 Å². The highest BCUT2D eigenvalue weighted by molar-refractivity contribution is 7.10. The first-order chi connectivity index (χ1) is 12.2. The van der Waals surface area contributed by atoms with Gasteiger partial charge in [0, 0.05) is 42.7 Å². The largest absolute Gasteiger partial charge is 0.386 e. The van der Waals surface area contributed by atoms with Crippen LogP contribution in [0.5, 0.6) is 0 Å². The summed E-state index contributed by atoms with van der Waals surface area (Å²) in [6.45, 7) is 4.41. The van der Waals surface area contributed by atoms with E-state index in [4.69, 9.17) is 0 Å². The Morgan fingerprint density at radius 3 is 2.56 bits per heavy atom. The molecule has 1 N–H and O–H groups in total. The first kappa shape index (κ1) is 18.1. The van der Waals surface area contributed by atoms with Crippen LogP contribution in [0, 0.1) is 0 Å². The minimum Gasteiger partial charge on any atom is -0.386 e. The van der Waals surface area contributed by atoms with Crippen LogP contribution in [0.1, 0.15) is 37.2 Å². The molecule has 134 valence electrons. The number of piperidine rings is 1. The smallest absolute Gasteiger partial charge is 0.226 e. The second kappa shape index (κ2) is 8.61. The molecular weight excluding hydrogens is 332 g/mol. The summed E-state index contributed by atoms with van der Waals surface area (Å²) in [5, 5.41) is 12.3. The second-order valence-corrected chi connectivity index (χ2v) is 7.50. The van der Waals surface area contributed by atoms with Gasteiger partial charge in [-0.05, 0) is 36.4 Å². The summed E-state index contributed by atoms with van der Waals surface area (Å²) in [7, 11) is 0. The molecule has 25 heavy (non-hydrogen) atoms. The van der Waals surface area contributed by atoms with Crippen LogP contribution in [-0.4, -0.2) is 41.6 Å². The maximum atomic E-state index is 12.5. The molecule has 4 nitrogen and oxygen atoms in total. The van der Waals surface area contributed by atoms with Gasteiger partial charge in [0.1, 0.15) is 6.10 Å². The lowest BCUT2D eigenvalue weighted by molar-refractivity contribution is -0.119. The topological polar surface area (TPSA) is 43.8 Å². The van der Waals surface area contributed by atoms with Crippen molar-refractivity contribution < 1.29 is 9.90 Å². The van der Waals surface area contributed by atoms with Crippen LogP contribution >= 0.6 is 11.3 Å². The van der Waals surface area contributed by atoms with Gasteiger partial charge >= 0.3 is 0 Å². The van der Waals surface area contributed by atoms with Crippen LogP contribution in [-0.2, 0) is 4.79 Å². The number of thiophene rings is 1. The van der Waals surface area contributed by atoms with Crippen molar-refractivity contribution in [3.63, 3.8) is 0 Å². The van der Waals surface area contributed by atoms with Crippen molar-refractivity contribution in [3.8, 4) is 0 Å². The molecule has 2 aromatic rings. The van der Waals surface area contributed by atoms with E-state index in [2.05, 4.69) is 4.90 Å². The molecule has 1 fully saturated rings. The third-order valence-corrected chi connectivity index (χ3v) is 5.80. The van der Waals surface area contributed by atoms with E-state index >= 15 is 0 Å². The van der Waals surface area contributed by atoms with Gasteiger partial charge in [0.2, 0.25) is 5.91 Å². The maximum absolute atomic E-state index is 12.5. The molecule has 1 amide bonds. The van der Waals surface area contributed by atoms with E-state index in [-0.39, 0.29) is 11.9 Å². The predicted octanol–water partition coefficient (Wildman–Crippen LogP) is 3.69. The minimum absolute atomic E-state index is 0.184. The van der Waals surface area contributed by atoms with Crippen molar-refractivity contribution in [3.05, 3.63) is 52.7 Å². The summed E-state index contributed by atoms with van der Waals surface area (Å²) >= 11 is 1.60. The lowest BCUT2D eigenvalue weighted by atomic mass is 10.0. The number of amides is 1. The number of aliphatic hydroxyl groups is 1. The molecule has 0 bridgehead atoms. The normalized spacial score (nSPS) is 17.4. The first-order valence-corrected chi connectivity index (χ1v) is 9.88. The van der Waals surface area contributed by atoms with Crippen molar-refractivity contribution in [1.29, 1.82) is 0 Å². The number of para-hydroxylation sites is 1. The Bertz CT molecular complexity index is 652. The zero-order chi connectivity index (χ0) is 17.6. The molecule has 0 saturated carbocycles. The maximum Gasteiger partial charge on any atom is 0.226 e. The molecule has 1 aromatic carbocycles. The Labute approximate surface area is 153 Å². The number of aliphatic hydroxyl groups excluding tert-OH is 1. The standard InChI is InChI=1S/C20H26N2O2S/c1-2-20(24)22(16-7-4-3-5-8-16)17-10-12-21(13-11-17)15-18(23)19-9-6-14-25-19/h3-9,14,17-18,23H,2,10-13,15H2,1H3/t18-/m0/s1. The number of benzene rings is 1. The monoisotopic (exact) mass is 358 g/mol. The summed E-state index contributed by atoms with van der Waals surface area (Å²) in [4.78, 5) is 17.8. The number of carbonyl (C=O) groups excluding carboxylic acids is 1. The van der Waals surface area contributed by atoms with Crippen molar-refractivity contribution in [2.24, 2.45) is 0 Å². The number of rotatable bonds is 6. The molecule has 1 aliphatic rings. The van der Waals surface area contributed by atoms with E-state index in [1.54, 1.807) is 11.3 Å². The Kier molecular flexibility index (Phi) is 6.24. The Morgan fingerprint density at radius 2 is 1.96 bits per heavy atom. The van der Waals surface area contributed by atoms with Crippen LogP contribution in [0.15, 0.2) is 47.8 Å². The van der Waals surface area contributed by atoms with Crippen molar-refractivity contribution in [2.45, 2.75) is 38.3 Å². The van der Waals surface area contributed by atoms with Crippen molar-refractivity contribution in [1.82, 2.24) is 4.90 Å². The quantitative estimate of drug-likeness (QED) is 0.856. The zero-order valence-corrected chi connectivity index (χ0v) is 15.5. The first-order valence-electron chi connectivity index (χ1n) is 9.00. The van der Waals surface area contributed by atoms with Gasteiger partial charge in [-0.25, -0.2) is 0 Å². The Morgan fingerprint density at radius 1 is 1.24 bits per heavy atom. The van der Waals surface area contributed by atoms with E-state index in [1.165, 1.54) is 0 Å². The highest BCUT2D eigenvalue weighted by atomic mass is 32.1. The molecule has 1 atom stereocenters. The van der Waals surface area contributed by atoms with Gasteiger partial charge in [0.05, 0.1) is 0 Å². The molecule has 0 aliphatic carbocycles. The van der Waals surface area contributed by atoms with Gasteiger partial charge in [-0.1, -0.05) is 31.2 Å². The molecule has 2 heterocycles. The van der Waals surface area contributed by atoms with Crippen LogP contribution in [0.4, 0.5) is 5.69 Å². The fourth-order valence-electron chi connectivity index (χ4n) is 3.49. The highest BCUT2D eigenvalue weighted by Crippen LogP contribution is 2.26. The molecule has 1 aliphatic heterocycles. The molecule has 3 rings (SSSR count). The zero-order valence-electron chi connectivity index (χ0n) is 14.7. The number of hydrogen-bond acceptors (Lipinski definition) is 4. The van der Waals surface area contributed by atoms with E-state index < -0.39 is 6.10 Å². The molecule has 0 radical (unpaired) electrons. The number of nitrogens with zero attached hydrogens (tertiary/aromatic N) is 2. The van der Waals surface area contributed by atoms with Crippen LogP contribution in [0.25, 0.3) is 0 Å². The van der Waals surface area contributed by atoms with Crippen LogP contribution in [0.2, 0.25) is 0 Å². The lowest BCUT2D eigenvalue weighted by Gasteiger charge is -2.39. The van der Waals surface area contributed by atoms with E-state index in [0.29, 0.717) is 13.0 Å². The van der Waals surface area contributed by atoms with Gasteiger partial charge in [-0.3, -0.25) is 4.79 Å². The van der Waals surface area contributed by atoms with Crippen molar-refractivity contribution >= 4 is 22.9 Å². The van der Waals surface area contributed by atoms with Crippen molar-refractivity contribution in [2.75, 3.05) is 24.5 Å². The number of hydrogen-bond donors (Lipinski definition) is 1. The lowest BCUT2D eigenvalue weighted by Crippen LogP contribution is -2.48. The molecular formula is C20H26N2O2S. The van der Waals surface area contributed by atoms with E-state index in [9.17, 15) is 9.90 Å². The Hall–Kier alpha value is -1.69.